The first-order valence-corrected chi connectivity index (χ1v) is 6.28. The average molecular weight is 210 g/mol. The number of nitrogens with two attached hydrogens (primary N) is 1. The third-order valence-corrected chi connectivity index (χ3v) is 3.88. The molecule has 1 aromatic rings. The largest absolute Gasteiger partial charge is 0.328 e. The molecule has 1 saturated carbocycles. The van der Waals surface area contributed by atoms with Gasteiger partial charge in [-0.3, -0.25) is 0 Å². The molecule has 0 atom stereocenters. The zero-order valence-electron chi connectivity index (χ0n) is 8.70. The molecular formula is C11H18N2S. The van der Waals surface area contributed by atoms with Crippen molar-refractivity contribution in [3.63, 3.8) is 0 Å². The van der Waals surface area contributed by atoms with Crippen molar-refractivity contribution in [2.75, 3.05) is 0 Å². The van der Waals surface area contributed by atoms with Crippen molar-refractivity contribution < 1.29 is 0 Å². The fraction of sp³-hybridized carbons (Fsp3) is 0.727. The minimum absolute atomic E-state index is 0.462. The second-order valence-electron chi connectivity index (χ2n) is 4.34. The molecule has 0 aliphatic heterocycles. The van der Waals surface area contributed by atoms with Crippen LogP contribution in [0.2, 0.25) is 0 Å². The van der Waals surface area contributed by atoms with Crippen LogP contribution in [0.1, 0.15) is 36.4 Å². The molecule has 2 nitrogen and oxygen atoms in total. The van der Waals surface area contributed by atoms with Gasteiger partial charge in [0.2, 0.25) is 0 Å². The fourth-order valence-electron chi connectivity index (χ4n) is 2.19. The van der Waals surface area contributed by atoms with Crippen LogP contribution in [-0.2, 0) is 6.42 Å². The Labute approximate surface area is 89.5 Å². The second-order valence-corrected chi connectivity index (χ2v) is 5.41. The molecule has 3 heteroatoms. The van der Waals surface area contributed by atoms with Gasteiger partial charge in [-0.2, -0.15) is 0 Å². The number of hydrogen-bond donors (Lipinski definition) is 1. The van der Waals surface area contributed by atoms with Crippen molar-refractivity contribution in [3.8, 4) is 0 Å². The molecule has 78 valence electrons. The zero-order chi connectivity index (χ0) is 9.97. The minimum Gasteiger partial charge on any atom is -0.328 e. The number of thiazole rings is 1. The number of hydrogen-bond acceptors (Lipinski definition) is 3. The fourth-order valence-corrected chi connectivity index (χ4v) is 2.82. The Morgan fingerprint density at radius 2 is 2.14 bits per heavy atom. The zero-order valence-corrected chi connectivity index (χ0v) is 9.52. The minimum atomic E-state index is 0.462. The van der Waals surface area contributed by atoms with E-state index in [4.69, 9.17) is 5.73 Å². The van der Waals surface area contributed by atoms with Gasteiger partial charge in [-0.25, -0.2) is 4.98 Å². The van der Waals surface area contributed by atoms with E-state index in [2.05, 4.69) is 17.3 Å². The van der Waals surface area contributed by atoms with Crippen LogP contribution < -0.4 is 5.73 Å². The van der Waals surface area contributed by atoms with Crippen LogP contribution in [0.25, 0.3) is 0 Å². The summed E-state index contributed by atoms with van der Waals surface area (Å²) in [4.78, 5) is 4.51. The van der Waals surface area contributed by atoms with Gasteiger partial charge in [0.1, 0.15) is 0 Å². The first-order valence-electron chi connectivity index (χ1n) is 5.40. The lowest BCUT2D eigenvalue weighted by Gasteiger charge is -2.25. The molecular weight excluding hydrogens is 192 g/mol. The monoisotopic (exact) mass is 210 g/mol. The molecule has 1 aliphatic carbocycles. The van der Waals surface area contributed by atoms with E-state index < -0.39 is 0 Å². The lowest BCUT2D eigenvalue weighted by molar-refractivity contribution is 0.323. The van der Waals surface area contributed by atoms with Crippen LogP contribution >= 0.6 is 11.3 Å². The summed E-state index contributed by atoms with van der Waals surface area (Å²) >= 11 is 1.76. The molecule has 1 fully saturated rings. The Hall–Kier alpha value is -0.410. The van der Waals surface area contributed by atoms with Crippen LogP contribution in [0.15, 0.2) is 5.38 Å². The van der Waals surface area contributed by atoms with Crippen molar-refractivity contribution in [2.24, 2.45) is 11.7 Å². The molecule has 0 aromatic carbocycles. The molecule has 0 radical (unpaired) electrons. The van der Waals surface area contributed by atoms with Gasteiger partial charge in [0.15, 0.2) is 0 Å². The van der Waals surface area contributed by atoms with E-state index >= 15 is 0 Å². The smallest absolute Gasteiger partial charge is 0.0897 e. The van der Waals surface area contributed by atoms with Gasteiger partial charge < -0.3 is 5.73 Å². The van der Waals surface area contributed by atoms with E-state index in [0.717, 1.165) is 12.3 Å². The highest BCUT2D eigenvalue weighted by molar-refractivity contribution is 7.09. The van der Waals surface area contributed by atoms with Crippen LogP contribution in [-0.4, -0.2) is 11.0 Å². The topological polar surface area (TPSA) is 38.9 Å². The SMILES string of the molecule is Cc1nc(CC2CCC(N)CC2)cs1. The highest BCUT2D eigenvalue weighted by Crippen LogP contribution is 2.26. The van der Waals surface area contributed by atoms with Crippen molar-refractivity contribution in [3.05, 3.63) is 16.1 Å². The molecule has 0 bridgehead atoms. The van der Waals surface area contributed by atoms with Gasteiger partial charge in [-0.1, -0.05) is 0 Å². The predicted octanol–water partition coefficient (Wildman–Crippen LogP) is 2.51. The molecule has 0 spiro atoms. The van der Waals surface area contributed by atoms with E-state index in [1.54, 1.807) is 11.3 Å². The maximum absolute atomic E-state index is 5.88. The Kier molecular flexibility index (Phi) is 3.19. The maximum atomic E-state index is 5.88. The molecule has 0 saturated heterocycles. The van der Waals surface area contributed by atoms with Crippen molar-refractivity contribution in [1.29, 1.82) is 0 Å². The molecule has 1 aromatic heterocycles. The Balaban J connectivity index is 1.86. The van der Waals surface area contributed by atoms with Gasteiger partial charge in [0, 0.05) is 11.4 Å². The van der Waals surface area contributed by atoms with Crippen LogP contribution in [0, 0.1) is 12.8 Å². The van der Waals surface area contributed by atoms with E-state index in [1.165, 1.54) is 36.4 Å². The normalized spacial score (nSPS) is 27.9. The van der Waals surface area contributed by atoms with Crippen molar-refractivity contribution >= 4 is 11.3 Å². The van der Waals surface area contributed by atoms with E-state index in [1.807, 2.05) is 0 Å². The summed E-state index contributed by atoms with van der Waals surface area (Å²) in [5, 5.41) is 3.39. The standard InChI is InChI=1S/C11H18N2S/c1-8-13-11(7-14-8)6-9-2-4-10(12)5-3-9/h7,9-10H,2-6,12H2,1H3. The lowest BCUT2D eigenvalue weighted by Crippen LogP contribution is -2.27. The lowest BCUT2D eigenvalue weighted by atomic mass is 9.84. The van der Waals surface area contributed by atoms with Gasteiger partial charge in [0.05, 0.1) is 10.7 Å². The molecule has 2 rings (SSSR count). The number of aromatic nitrogens is 1. The van der Waals surface area contributed by atoms with E-state index in [-0.39, 0.29) is 0 Å². The highest BCUT2D eigenvalue weighted by atomic mass is 32.1. The first-order chi connectivity index (χ1) is 6.74. The van der Waals surface area contributed by atoms with Crippen LogP contribution in [0.3, 0.4) is 0 Å². The first kappa shape index (κ1) is 10.1. The van der Waals surface area contributed by atoms with Gasteiger partial charge >= 0.3 is 0 Å². The van der Waals surface area contributed by atoms with Gasteiger partial charge in [-0.15, -0.1) is 11.3 Å². The predicted molar refractivity (Wildman–Crippen MR) is 60.5 cm³/mol. The molecule has 14 heavy (non-hydrogen) atoms. The summed E-state index contributed by atoms with van der Waals surface area (Å²) in [6, 6.07) is 0.462. The van der Waals surface area contributed by atoms with E-state index in [0.29, 0.717) is 6.04 Å². The number of aryl methyl sites for hydroxylation is 1. The second kappa shape index (κ2) is 4.41. The van der Waals surface area contributed by atoms with Gasteiger partial charge in [-0.05, 0) is 44.9 Å². The Morgan fingerprint density at radius 3 is 2.71 bits per heavy atom. The van der Waals surface area contributed by atoms with Crippen LogP contribution in [0.4, 0.5) is 0 Å². The maximum Gasteiger partial charge on any atom is 0.0897 e. The third kappa shape index (κ3) is 2.55. The van der Waals surface area contributed by atoms with Crippen LogP contribution in [0.5, 0.6) is 0 Å². The number of rotatable bonds is 2. The quantitative estimate of drug-likeness (QED) is 0.814. The van der Waals surface area contributed by atoms with Gasteiger partial charge in [0.25, 0.3) is 0 Å². The average Bonchev–Trinajstić information content (AvgIpc) is 2.56. The summed E-state index contributed by atoms with van der Waals surface area (Å²) in [7, 11) is 0. The van der Waals surface area contributed by atoms with E-state index in [9.17, 15) is 0 Å². The summed E-state index contributed by atoms with van der Waals surface area (Å²) in [6.45, 7) is 2.07. The summed E-state index contributed by atoms with van der Waals surface area (Å²) in [5.41, 5.74) is 7.17. The summed E-state index contributed by atoms with van der Waals surface area (Å²) in [5.74, 6) is 0.830. The Bertz CT molecular complexity index is 287. The molecule has 0 amide bonds. The van der Waals surface area contributed by atoms with Crippen molar-refractivity contribution in [2.45, 2.75) is 45.1 Å². The van der Waals surface area contributed by atoms with Crippen molar-refractivity contribution in [1.82, 2.24) is 4.98 Å². The molecule has 1 heterocycles. The molecule has 2 N–H and O–H groups in total. The Morgan fingerprint density at radius 1 is 1.43 bits per heavy atom. The summed E-state index contributed by atoms with van der Waals surface area (Å²) in [6.07, 6.45) is 6.15. The molecule has 0 unspecified atom stereocenters. The number of nitrogens with zero attached hydrogens (tertiary/aromatic N) is 1. The third-order valence-electron chi connectivity index (χ3n) is 3.06. The molecule has 1 aliphatic rings. The summed E-state index contributed by atoms with van der Waals surface area (Å²) < 4.78 is 0. The highest BCUT2D eigenvalue weighted by Gasteiger charge is 2.19.